The number of benzene rings is 2. The summed E-state index contributed by atoms with van der Waals surface area (Å²) in [5.74, 6) is -1.67. The third kappa shape index (κ3) is 7.46. The average molecular weight is 424 g/mol. The van der Waals surface area contributed by atoms with E-state index in [4.69, 9.17) is 9.47 Å². The molecule has 2 aromatic rings. The Bertz CT molecular complexity index is 870. The number of anilines is 1. The second-order valence-electron chi connectivity index (χ2n) is 6.07. The number of rotatable bonds is 8. The van der Waals surface area contributed by atoms with Gasteiger partial charge < -0.3 is 20.1 Å². The van der Waals surface area contributed by atoms with Crippen molar-refractivity contribution in [1.82, 2.24) is 5.32 Å². The largest absolute Gasteiger partial charge is 0.484 e. The van der Waals surface area contributed by atoms with Crippen LogP contribution in [0.4, 0.5) is 18.9 Å². The zero-order chi connectivity index (χ0) is 22.1. The SMILES string of the molecule is CC(OC(=O)CNC(=O)COc1ccccc1)C(=O)Nc1ccc(C(F)(F)F)cc1. The Morgan fingerprint density at radius 1 is 1.00 bits per heavy atom. The molecule has 0 saturated heterocycles. The van der Waals surface area contributed by atoms with Gasteiger partial charge in [0.1, 0.15) is 12.3 Å². The molecular formula is C20H19F3N2O5. The molecule has 2 aromatic carbocycles. The Kier molecular flexibility index (Phi) is 7.79. The Morgan fingerprint density at radius 3 is 2.23 bits per heavy atom. The first-order valence-electron chi connectivity index (χ1n) is 8.77. The summed E-state index contributed by atoms with van der Waals surface area (Å²) in [6.07, 6.45) is -5.71. The summed E-state index contributed by atoms with van der Waals surface area (Å²) in [6, 6.07) is 12.4. The quantitative estimate of drug-likeness (QED) is 0.636. The number of alkyl halides is 3. The second kappa shape index (κ2) is 10.3. The van der Waals surface area contributed by atoms with Crippen LogP contribution >= 0.6 is 0 Å². The normalized spacial score (nSPS) is 11.9. The molecule has 1 atom stereocenters. The fourth-order valence-electron chi connectivity index (χ4n) is 2.17. The Morgan fingerprint density at radius 2 is 1.63 bits per heavy atom. The molecule has 0 spiro atoms. The van der Waals surface area contributed by atoms with Crippen LogP contribution < -0.4 is 15.4 Å². The van der Waals surface area contributed by atoms with Crippen molar-refractivity contribution < 1.29 is 37.0 Å². The third-order valence-electron chi connectivity index (χ3n) is 3.70. The number of hydrogen-bond donors (Lipinski definition) is 2. The van der Waals surface area contributed by atoms with Gasteiger partial charge in [-0.25, -0.2) is 0 Å². The van der Waals surface area contributed by atoms with Crippen molar-refractivity contribution in [2.45, 2.75) is 19.2 Å². The number of ether oxygens (including phenoxy) is 2. The summed E-state index contributed by atoms with van der Waals surface area (Å²) in [7, 11) is 0. The summed E-state index contributed by atoms with van der Waals surface area (Å²) in [5, 5.41) is 4.63. The van der Waals surface area contributed by atoms with E-state index < -0.39 is 42.2 Å². The third-order valence-corrected chi connectivity index (χ3v) is 3.70. The summed E-state index contributed by atoms with van der Waals surface area (Å²) < 4.78 is 47.7. The van der Waals surface area contributed by atoms with Gasteiger partial charge in [-0.1, -0.05) is 18.2 Å². The van der Waals surface area contributed by atoms with Crippen molar-refractivity contribution in [3.8, 4) is 5.75 Å². The van der Waals surface area contributed by atoms with Crippen molar-refractivity contribution in [1.29, 1.82) is 0 Å². The minimum atomic E-state index is -4.48. The van der Waals surface area contributed by atoms with Crippen LogP contribution in [0, 0.1) is 0 Å². The highest BCUT2D eigenvalue weighted by atomic mass is 19.4. The van der Waals surface area contributed by atoms with Gasteiger partial charge in [0.05, 0.1) is 5.56 Å². The van der Waals surface area contributed by atoms with Gasteiger partial charge in [-0.05, 0) is 43.3 Å². The number of carbonyl (C=O) groups is 3. The summed E-state index contributed by atoms with van der Waals surface area (Å²) in [4.78, 5) is 35.4. The molecule has 0 radical (unpaired) electrons. The van der Waals surface area contributed by atoms with Crippen LogP contribution in [0.25, 0.3) is 0 Å². The number of esters is 1. The number of para-hydroxylation sites is 1. The molecule has 0 heterocycles. The number of amides is 2. The molecule has 160 valence electrons. The van der Waals surface area contributed by atoms with E-state index in [1.807, 2.05) is 0 Å². The minimum absolute atomic E-state index is 0.113. The molecule has 10 heteroatoms. The van der Waals surface area contributed by atoms with E-state index in [0.717, 1.165) is 24.3 Å². The molecule has 0 aromatic heterocycles. The second-order valence-corrected chi connectivity index (χ2v) is 6.07. The van der Waals surface area contributed by atoms with Gasteiger partial charge in [0.15, 0.2) is 12.7 Å². The zero-order valence-corrected chi connectivity index (χ0v) is 15.9. The Hall–Kier alpha value is -3.56. The molecule has 7 nitrogen and oxygen atoms in total. The molecule has 2 amide bonds. The fraction of sp³-hybridized carbons (Fsp3) is 0.250. The topological polar surface area (TPSA) is 93.7 Å². The first-order valence-corrected chi connectivity index (χ1v) is 8.77. The maximum absolute atomic E-state index is 12.5. The molecule has 0 aliphatic carbocycles. The minimum Gasteiger partial charge on any atom is -0.484 e. The van der Waals surface area contributed by atoms with E-state index >= 15 is 0 Å². The number of nitrogens with one attached hydrogen (secondary N) is 2. The van der Waals surface area contributed by atoms with Crippen molar-refractivity contribution in [2.24, 2.45) is 0 Å². The molecule has 0 aliphatic rings. The monoisotopic (exact) mass is 424 g/mol. The molecular weight excluding hydrogens is 405 g/mol. The Labute approximate surface area is 170 Å². The van der Waals surface area contributed by atoms with Crippen LogP contribution in [0.5, 0.6) is 5.75 Å². The van der Waals surface area contributed by atoms with Crippen LogP contribution in [-0.2, 0) is 25.3 Å². The molecule has 0 fully saturated rings. The molecule has 2 rings (SSSR count). The number of halogens is 3. The van der Waals surface area contributed by atoms with E-state index in [9.17, 15) is 27.6 Å². The first kappa shape index (κ1) is 22.7. The smallest absolute Gasteiger partial charge is 0.416 e. The molecule has 30 heavy (non-hydrogen) atoms. The molecule has 2 N–H and O–H groups in total. The summed E-state index contributed by atoms with van der Waals surface area (Å²) in [6.45, 7) is 0.508. The lowest BCUT2D eigenvalue weighted by molar-refractivity contribution is -0.152. The van der Waals surface area contributed by atoms with Gasteiger partial charge in [-0.2, -0.15) is 13.2 Å². The van der Waals surface area contributed by atoms with Gasteiger partial charge in [-0.15, -0.1) is 0 Å². The lowest BCUT2D eigenvalue weighted by Gasteiger charge is -2.14. The average Bonchev–Trinajstić information content (AvgIpc) is 2.71. The van der Waals surface area contributed by atoms with Gasteiger partial charge in [0.25, 0.3) is 11.8 Å². The van der Waals surface area contributed by atoms with Gasteiger partial charge >= 0.3 is 12.1 Å². The van der Waals surface area contributed by atoms with Crippen LogP contribution in [0.15, 0.2) is 54.6 Å². The predicted octanol–water partition coefficient (Wildman–Crippen LogP) is 2.77. The molecule has 0 saturated carbocycles. The standard InChI is InChI=1S/C20H19F3N2O5/c1-13(19(28)25-15-9-7-14(8-10-15)20(21,22)23)30-18(27)11-24-17(26)12-29-16-5-3-2-4-6-16/h2-10,13H,11-12H2,1H3,(H,24,26)(H,25,28). The highest BCUT2D eigenvalue weighted by molar-refractivity contribution is 5.95. The lowest BCUT2D eigenvalue weighted by atomic mass is 10.2. The van der Waals surface area contributed by atoms with Crippen LogP contribution in [0.1, 0.15) is 12.5 Å². The van der Waals surface area contributed by atoms with Gasteiger partial charge in [0, 0.05) is 5.69 Å². The summed E-state index contributed by atoms with van der Waals surface area (Å²) >= 11 is 0. The van der Waals surface area contributed by atoms with E-state index in [1.165, 1.54) is 6.92 Å². The van der Waals surface area contributed by atoms with E-state index in [0.29, 0.717) is 5.75 Å². The van der Waals surface area contributed by atoms with E-state index in [-0.39, 0.29) is 12.3 Å². The molecule has 1 unspecified atom stereocenters. The highest BCUT2D eigenvalue weighted by Crippen LogP contribution is 2.29. The molecule has 0 aliphatic heterocycles. The maximum atomic E-state index is 12.5. The van der Waals surface area contributed by atoms with Gasteiger partial charge in [0.2, 0.25) is 0 Å². The number of carbonyl (C=O) groups excluding carboxylic acids is 3. The van der Waals surface area contributed by atoms with Crippen molar-refractivity contribution in [3.05, 3.63) is 60.2 Å². The van der Waals surface area contributed by atoms with Crippen molar-refractivity contribution in [3.63, 3.8) is 0 Å². The first-order chi connectivity index (χ1) is 14.1. The van der Waals surface area contributed by atoms with Crippen LogP contribution in [0.3, 0.4) is 0 Å². The van der Waals surface area contributed by atoms with E-state index in [2.05, 4.69) is 10.6 Å². The zero-order valence-electron chi connectivity index (χ0n) is 15.9. The van der Waals surface area contributed by atoms with Gasteiger partial charge in [-0.3, -0.25) is 14.4 Å². The molecule has 0 bridgehead atoms. The van der Waals surface area contributed by atoms with Crippen LogP contribution in [0.2, 0.25) is 0 Å². The van der Waals surface area contributed by atoms with Crippen molar-refractivity contribution in [2.75, 3.05) is 18.5 Å². The fourth-order valence-corrected chi connectivity index (χ4v) is 2.17. The Balaban J connectivity index is 1.72. The summed E-state index contributed by atoms with van der Waals surface area (Å²) in [5.41, 5.74) is -0.741. The van der Waals surface area contributed by atoms with E-state index in [1.54, 1.807) is 30.3 Å². The lowest BCUT2D eigenvalue weighted by Crippen LogP contribution is -2.37. The van der Waals surface area contributed by atoms with Crippen molar-refractivity contribution >= 4 is 23.5 Å². The van der Waals surface area contributed by atoms with Crippen LogP contribution in [-0.4, -0.2) is 37.0 Å². The number of hydrogen-bond acceptors (Lipinski definition) is 5. The maximum Gasteiger partial charge on any atom is 0.416 e. The highest BCUT2D eigenvalue weighted by Gasteiger charge is 2.30. The predicted molar refractivity (Wildman–Crippen MR) is 101 cm³/mol.